The zero-order chi connectivity index (χ0) is 19.1. The molecule has 0 aliphatic carbocycles. The molecule has 0 radical (unpaired) electrons. The molecule has 1 fully saturated rings. The number of thiophene rings is 1. The summed E-state index contributed by atoms with van der Waals surface area (Å²) < 4.78 is 0.739. The summed E-state index contributed by atoms with van der Waals surface area (Å²) >= 11 is 7.40. The number of nitrogens with one attached hydrogen (secondary N) is 2. The summed E-state index contributed by atoms with van der Waals surface area (Å²) in [6.07, 6.45) is 5.60. The number of hydrogen-bond donors (Lipinski definition) is 2. The topological polar surface area (TPSA) is 61.4 Å². The number of urea groups is 1. The van der Waals surface area contributed by atoms with Crippen LogP contribution in [0, 0.1) is 0 Å². The average molecular weight is 406 g/mol. The van der Waals surface area contributed by atoms with Gasteiger partial charge in [0.15, 0.2) is 0 Å². The first kappa shape index (κ1) is 19.7. The zero-order valence-electron chi connectivity index (χ0n) is 15.2. The lowest BCUT2D eigenvalue weighted by atomic mass is 10.2. The summed E-state index contributed by atoms with van der Waals surface area (Å²) in [5.41, 5.74) is 1.45. The van der Waals surface area contributed by atoms with Crippen LogP contribution in [0.1, 0.15) is 37.0 Å². The number of carbonyl (C=O) groups is 2. The second-order valence-electron chi connectivity index (χ2n) is 6.66. The predicted molar refractivity (Wildman–Crippen MR) is 112 cm³/mol. The van der Waals surface area contributed by atoms with E-state index < -0.39 is 0 Å². The van der Waals surface area contributed by atoms with E-state index in [9.17, 15) is 9.59 Å². The summed E-state index contributed by atoms with van der Waals surface area (Å²) in [6, 6.07) is 11.0. The number of hydrogen-bond acceptors (Lipinski definition) is 3. The minimum atomic E-state index is -0.0525. The van der Waals surface area contributed by atoms with E-state index in [-0.39, 0.29) is 11.9 Å². The molecule has 1 aromatic carbocycles. The molecule has 27 heavy (non-hydrogen) atoms. The maximum absolute atomic E-state index is 12.3. The van der Waals surface area contributed by atoms with Gasteiger partial charge in [-0.05, 0) is 55.7 Å². The number of benzene rings is 1. The lowest BCUT2D eigenvalue weighted by Gasteiger charge is -2.20. The molecule has 2 heterocycles. The SMILES string of the molecule is O=C(CCc1ccc(Cl)s1)Nc1ccc(NC(=O)N2CCCCCC2)cc1. The van der Waals surface area contributed by atoms with E-state index in [0.717, 1.165) is 46.5 Å². The normalized spacial score (nSPS) is 14.5. The molecule has 0 unspecified atom stereocenters. The highest BCUT2D eigenvalue weighted by atomic mass is 35.5. The van der Waals surface area contributed by atoms with Crippen molar-refractivity contribution in [2.75, 3.05) is 23.7 Å². The van der Waals surface area contributed by atoms with Gasteiger partial charge in [0, 0.05) is 35.8 Å². The third-order valence-corrected chi connectivity index (χ3v) is 5.83. The van der Waals surface area contributed by atoms with Gasteiger partial charge in [-0.3, -0.25) is 4.79 Å². The molecule has 2 aromatic rings. The number of anilines is 2. The Labute approximate surface area is 168 Å². The van der Waals surface area contributed by atoms with Gasteiger partial charge >= 0.3 is 6.03 Å². The molecule has 0 atom stereocenters. The van der Waals surface area contributed by atoms with Crippen molar-refractivity contribution in [3.05, 3.63) is 45.6 Å². The summed E-state index contributed by atoms with van der Waals surface area (Å²) in [5, 5.41) is 5.81. The number of halogens is 1. The minimum absolute atomic E-state index is 0.0409. The number of amides is 3. The monoisotopic (exact) mass is 405 g/mol. The van der Waals surface area contributed by atoms with Crippen molar-refractivity contribution < 1.29 is 9.59 Å². The van der Waals surface area contributed by atoms with Gasteiger partial charge in [0.25, 0.3) is 0 Å². The number of carbonyl (C=O) groups excluding carboxylic acids is 2. The molecule has 144 valence electrons. The second-order valence-corrected chi connectivity index (χ2v) is 8.46. The van der Waals surface area contributed by atoms with Gasteiger partial charge in [-0.1, -0.05) is 24.4 Å². The lowest BCUT2D eigenvalue weighted by Crippen LogP contribution is -2.35. The van der Waals surface area contributed by atoms with Crippen LogP contribution < -0.4 is 10.6 Å². The van der Waals surface area contributed by atoms with Crippen LogP contribution in [-0.2, 0) is 11.2 Å². The van der Waals surface area contributed by atoms with Gasteiger partial charge in [0.2, 0.25) is 5.91 Å². The maximum atomic E-state index is 12.3. The quantitative estimate of drug-likeness (QED) is 0.701. The third kappa shape index (κ3) is 6.26. The van der Waals surface area contributed by atoms with Crippen molar-refractivity contribution in [2.45, 2.75) is 38.5 Å². The van der Waals surface area contributed by atoms with E-state index in [2.05, 4.69) is 10.6 Å². The Kier molecular flexibility index (Phi) is 7.12. The Morgan fingerprint density at radius 2 is 1.56 bits per heavy atom. The molecule has 0 bridgehead atoms. The molecule has 0 saturated carbocycles. The molecule has 2 N–H and O–H groups in total. The van der Waals surface area contributed by atoms with Gasteiger partial charge in [-0.15, -0.1) is 11.3 Å². The molecule has 1 saturated heterocycles. The number of likely N-dealkylation sites (tertiary alicyclic amines) is 1. The van der Waals surface area contributed by atoms with Crippen LogP contribution in [0.25, 0.3) is 0 Å². The predicted octanol–water partition coefficient (Wildman–Crippen LogP) is 5.38. The highest BCUT2D eigenvalue weighted by Gasteiger charge is 2.15. The molecule has 5 nitrogen and oxygen atoms in total. The van der Waals surface area contributed by atoms with Gasteiger partial charge in [0.1, 0.15) is 0 Å². The van der Waals surface area contributed by atoms with Gasteiger partial charge in [-0.2, -0.15) is 0 Å². The summed E-state index contributed by atoms with van der Waals surface area (Å²) in [7, 11) is 0. The Balaban J connectivity index is 1.46. The highest BCUT2D eigenvalue weighted by molar-refractivity contribution is 7.16. The van der Waals surface area contributed by atoms with E-state index in [1.165, 1.54) is 24.2 Å². The van der Waals surface area contributed by atoms with Crippen molar-refractivity contribution in [3.63, 3.8) is 0 Å². The fraction of sp³-hybridized carbons (Fsp3) is 0.400. The Morgan fingerprint density at radius 1 is 0.926 bits per heavy atom. The van der Waals surface area contributed by atoms with Gasteiger partial charge < -0.3 is 15.5 Å². The van der Waals surface area contributed by atoms with Gasteiger partial charge in [-0.25, -0.2) is 4.79 Å². The first-order valence-corrected chi connectivity index (χ1v) is 10.5. The van der Waals surface area contributed by atoms with Crippen molar-refractivity contribution in [1.82, 2.24) is 4.90 Å². The Hall–Kier alpha value is -2.05. The Morgan fingerprint density at radius 3 is 2.15 bits per heavy atom. The molecular formula is C20H24ClN3O2S. The molecule has 1 aliphatic heterocycles. The summed E-state index contributed by atoms with van der Waals surface area (Å²) in [6.45, 7) is 1.63. The number of rotatable bonds is 5. The van der Waals surface area contributed by atoms with Gasteiger partial charge in [0.05, 0.1) is 4.34 Å². The van der Waals surface area contributed by atoms with Crippen LogP contribution in [0.15, 0.2) is 36.4 Å². The number of nitrogens with zero attached hydrogens (tertiary/aromatic N) is 1. The van der Waals surface area contributed by atoms with Crippen molar-refractivity contribution in [1.29, 1.82) is 0 Å². The lowest BCUT2D eigenvalue weighted by molar-refractivity contribution is -0.116. The molecule has 0 spiro atoms. The first-order valence-electron chi connectivity index (χ1n) is 9.30. The standard InChI is InChI=1S/C20H24ClN3O2S/c21-18-11-9-17(27-18)10-12-19(25)22-15-5-7-16(8-6-15)23-20(26)24-13-3-1-2-4-14-24/h5-9,11H,1-4,10,12-14H2,(H,22,25)(H,23,26). The minimum Gasteiger partial charge on any atom is -0.326 e. The molecule has 1 aliphatic rings. The van der Waals surface area contributed by atoms with Crippen LogP contribution >= 0.6 is 22.9 Å². The van der Waals surface area contributed by atoms with Crippen LogP contribution in [0.5, 0.6) is 0 Å². The summed E-state index contributed by atoms with van der Waals surface area (Å²) in [5.74, 6) is -0.0409. The fourth-order valence-electron chi connectivity index (χ4n) is 3.06. The molecule has 7 heteroatoms. The zero-order valence-corrected chi connectivity index (χ0v) is 16.7. The van der Waals surface area contributed by atoms with Crippen molar-refractivity contribution >= 4 is 46.3 Å². The van der Waals surface area contributed by atoms with Crippen molar-refractivity contribution in [3.8, 4) is 0 Å². The maximum Gasteiger partial charge on any atom is 0.321 e. The fourth-order valence-corrected chi connectivity index (χ4v) is 4.15. The Bertz CT molecular complexity index is 768. The number of aryl methyl sites for hydroxylation is 1. The third-order valence-electron chi connectivity index (χ3n) is 4.54. The van der Waals surface area contributed by atoms with E-state index >= 15 is 0 Å². The molecule has 3 rings (SSSR count). The van der Waals surface area contributed by atoms with Crippen LogP contribution in [0.4, 0.5) is 16.2 Å². The van der Waals surface area contributed by atoms with Crippen LogP contribution in [-0.4, -0.2) is 29.9 Å². The van der Waals surface area contributed by atoms with Crippen LogP contribution in [0.2, 0.25) is 4.34 Å². The average Bonchev–Trinajstić information content (AvgIpc) is 2.90. The van der Waals surface area contributed by atoms with E-state index in [1.54, 1.807) is 12.1 Å². The van der Waals surface area contributed by atoms with E-state index in [0.29, 0.717) is 12.8 Å². The van der Waals surface area contributed by atoms with Crippen LogP contribution in [0.3, 0.4) is 0 Å². The molecule has 1 aromatic heterocycles. The van der Waals surface area contributed by atoms with Crippen molar-refractivity contribution in [2.24, 2.45) is 0 Å². The molecular weight excluding hydrogens is 382 g/mol. The largest absolute Gasteiger partial charge is 0.326 e. The molecule has 3 amide bonds. The van der Waals surface area contributed by atoms with E-state index in [4.69, 9.17) is 11.6 Å². The second kappa shape index (κ2) is 9.76. The first-order chi connectivity index (χ1) is 13.1. The summed E-state index contributed by atoms with van der Waals surface area (Å²) in [4.78, 5) is 27.4. The van der Waals surface area contributed by atoms with E-state index in [1.807, 2.05) is 29.2 Å². The smallest absolute Gasteiger partial charge is 0.321 e. The highest BCUT2D eigenvalue weighted by Crippen LogP contribution is 2.23.